The van der Waals surface area contributed by atoms with Gasteiger partial charge in [-0.25, -0.2) is 4.79 Å². The molecule has 0 amide bonds. The predicted octanol–water partition coefficient (Wildman–Crippen LogP) is 3.35. The summed E-state index contributed by atoms with van der Waals surface area (Å²) in [4.78, 5) is 11.6. The molecule has 0 N–H and O–H groups in total. The highest BCUT2D eigenvalue weighted by atomic mass is 79.9. The fraction of sp³-hybridized carbons (Fsp3) is 0.357. The molecule has 0 saturated heterocycles. The third kappa shape index (κ3) is 3.50. The minimum absolute atomic E-state index is 0.377. The first-order valence-electron chi connectivity index (χ1n) is 5.99. The van der Waals surface area contributed by atoms with Crippen LogP contribution >= 0.6 is 15.9 Å². The molecular formula is C14H15BrO4. The number of rotatable bonds is 5. The first kappa shape index (κ1) is 13.9. The van der Waals surface area contributed by atoms with Crippen LogP contribution in [0.3, 0.4) is 0 Å². The van der Waals surface area contributed by atoms with Crippen LogP contribution in [0.15, 0.2) is 33.5 Å². The lowest BCUT2D eigenvalue weighted by atomic mass is 10.2. The van der Waals surface area contributed by atoms with Crippen molar-refractivity contribution in [2.75, 3.05) is 13.7 Å². The fourth-order valence-corrected chi connectivity index (χ4v) is 1.87. The molecule has 0 bridgehead atoms. The molecule has 1 heterocycles. The van der Waals surface area contributed by atoms with Gasteiger partial charge in [0.1, 0.15) is 5.58 Å². The lowest BCUT2D eigenvalue weighted by molar-refractivity contribution is 0.290. The highest BCUT2D eigenvalue weighted by molar-refractivity contribution is 9.09. The van der Waals surface area contributed by atoms with E-state index in [0.29, 0.717) is 28.5 Å². The molecule has 19 heavy (non-hydrogen) atoms. The van der Waals surface area contributed by atoms with Gasteiger partial charge in [-0.1, -0.05) is 22.9 Å². The quantitative estimate of drug-likeness (QED) is 0.624. The first-order valence-corrected chi connectivity index (χ1v) is 6.90. The molecule has 2 rings (SSSR count). The Bertz CT molecular complexity index is 618. The van der Waals surface area contributed by atoms with E-state index in [9.17, 15) is 4.79 Å². The van der Waals surface area contributed by atoms with E-state index in [1.165, 1.54) is 6.07 Å². The number of hydrogen-bond donors (Lipinski definition) is 0. The summed E-state index contributed by atoms with van der Waals surface area (Å²) in [5.41, 5.74) is 0.118. The molecule has 1 atom stereocenters. The molecule has 5 heteroatoms. The second-order valence-corrected chi connectivity index (χ2v) is 5.78. The van der Waals surface area contributed by atoms with Crippen molar-refractivity contribution < 1.29 is 13.9 Å². The molecule has 4 nitrogen and oxygen atoms in total. The van der Waals surface area contributed by atoms with E-state index in [1.54, 1.807) is 25.3 Å². The Labute approximate surface area is 119 Å². The largest absolute Gasteiger partial charge is 0.493 e. The number of halogens is 1. The molecule has 1 unspecified atom stereocenters. The summed E-state index contributed by atoms with van der Waals surface area (Å²) in [6, 6.07) is 6.57. The van der Waals surface area contributed by atoms with E-state index < -0.39 is 0 Å². The Morgan fingerprint density at radius 1 is 1.32 bits per heavy atom. The maximum Gasteiger partial charge on any atom is 0.336 e. The van der Waals surface area contributed by atoms with E-state index in [1.807, 2.05) is 0 Å². The van der Waals surface area contributed by atoms with Gasteiger partial charge >= 0.3 is 5.63 Å². The van der Waals surface area contributed by atoms with Gasteiger partial charge in [-0.05, 0) is 18.6 Å². The van der Waals surface area contributed by atoms with Crippen LogP contribution in [0.4, 0.5) is 0 Å². The average Bonchev–Trinajstić information content (AvgIpc) is 2.37. The van der Waals surface area contributed by atoms with Crippen LogP contribution in [0.25, 0.3) is 11.0 Å². The smallest absolute Gasteiger partial charge is 0.336 e. The zero-order chi connectivity index (χ0) is 13.8. The third-order valence-corrected chi connectivity index (χ3v) is 3.14. The SMILES string of the molecule is COc1cc2ccc(=O)oc2cc1OCCC(C)Br. The van der Waals surface area contributed by atoms with Crippen molar-refractivity contribution in [2.24, 2.45) is 0 Å². The van der Waals surface area contributed by atoms with E-state index in [4.69, 9.17) is 13.9 Å². The van der Waals surface area contributed by atoms with E-state index >= 15 is 0 Å². The van der Waals surface area contributed by atoms with Crippen LogP contribution in [0.5, 0.6) is 11.5 Å². The minimum Gasteiger partial charge on any atom is -0.493 e. The van der Waals surface area contributed by atoms with Gasteiger partial charge in [-0.3, -0.25) is 0 Å². The van der Waals surface area contributed by atoms with Crippen LogP contribution in [0.2, 0.25) is 0 Å². The average molecular weight is 327 g/mol. The summed E-state index contributed by atoms with van der Waals surface area (Å²) < 4.78 is 16.1. The van der Waals surface area contributed by atoms with Crippen LogP contribution in [-0.2, 0) is 0 Å². The summed E-state index contributed by atoms with van der Waals surface area (Å²) in [7, 11) is 1.58. The Balaban J connectivity index is 2.32. The number of benzene rings is 1. The molecule has 1 aromatic heterocycles. The molecule has 1 aromatic carbocycles. The molecule has 0 spiro atoms. The molecule has 0 aliphatic heterocycles. The van der Waals surface area contributed by atoms with Gasteiger partial charge in [0, 0.05) is 22.3 Å². The standard InChI is InChI=1S/C14H15BrO4/c1-9(15)5-6-18-13-8-11-10(7-12(13)17-2)3-4-14(16)19-11/h3-4,7-9H,5-6H2,1-2H3. The van der Waals surface area contributed by atoms with Gasteiger partial charge in [0.15, 0.2) is 11.5 Å². The van der Waals surface area contributed by atoms with E-state index in [-0.39, 0.29) is 5.63 Å². The van der Waals surface area contributed by atoms with Gasteiger partial charge < -0.3 is 13.9 Å². The van der Waals surface area contributed by atoms with Crippen LogP contribution in [0, 0.1) is 0 Å². The highest BCUT2D eigenvalue weighted by Gasteiger charge is 2.09. The predicted molar refractivity (Wildman–Crippen MR) is 77.5 cm³/mol. The maximum absolute atomic E-state index is 11.2. The number of ether oxygens (including phenoxy) is 2. The molecule has 102 valence electrons. The Morgan fingerprint density at radius 3 is 2.79 bits per heavy atom. The van der Waals surface area contributed by atoms with Crippen molar-refractivity contribution in [1.82, 2.24) is 0 Å². The monoisotopic (exact) mass is 326 g/mol. The lowest BCUT2D eigenvalue weighted by Crippen LogP contribution is -2.04. The number of fused-ring (bicyclic) bond motifs is 1. The van der Waals surface area contributed by atoms with Gasteiger partial charge in [0.05, 0.1) is 13.7 Å². The van der Waals surface area contributed by atoms with Crippen LogP contribution in [-0.4, -0.2) is 18.5 Å². The lowest BCUT2D eigenvalue weighted by Gasteiger charge is -2.12. The van der Waals surface area contributed by atoms with Crippen LogP contribution in [0.1, 0.15) is 13.3 Å². The zero-order valence-electron chi connectivity index (χ0n) is 10.8. The molecular weight excluding hydrogens is 312 g/mol. The van der Waals surface area contributed by atoms with Gasteiger partial charge in [0.25, 0.3) is 0 Å². The summed E-state index contributed by atoms with van der Waals surface area (Å²) in [5, 5.41) is 0.803. The summed E-state index contributed by atoms with van der Waals surface area (Å²) in [6.07, 6.45) is 0.875. The molecule has 0 aliphatic rings. The summed E-state index contributed by atoms with van der Waals surface area (Å²) >= 11 is 3.46. The van der Waals surface area contributed by atoms with Crippen LogP contribution < -0.4 is 15.1 Å². The number of alkyl halides is 1. The first-order chi connectivity index (χ1) is 9.10. The van der Waals surface area contributed by atoms with Crippen molar-refractivity contribution in [1.29, 1.82) is 0 Å². The van der Waals surface area contributed by atoms with Gasteiger partial charge in [0.2, 0.25) is 0 Å². The highest BCUT2D eigenvalue weighted by Crippen LogP contribution is 2.32. The maximum atomic E-state index is 11.2. The molecule has 2 aromatic rings. The summed E-state index contributed by atoms with van der Waals surface area (Å²) in [5.74, 6) is 1.21. The van der Waals surface area contributed by atoms with Crippen molar-refractivity contribution >= 4 is 26.9 Å². The molecule has 0 radical (unpaired) electrons. The van der Waals surface area contributed by atoms with Gasteiger partial charge in [-0.2, -0.15) is 0 Å². The number of hydrogen-bond acceptors (Lipinski definition) is 4. The minimum atomic E-state index is -0.377. The Kier molecular flexibility index (Phi) is 4.47. The normalized spacial score (nSPS) is 12.4. The van der Waals surface area contributed by atoms with Crippen molar-refractivity contribution in [2.45, 2.75) is 18.2 Å². The summed E-state index contributed by atoms with van der Waals surface area (Å²) in [6.45, 7) is 2.62. The van der Waals surface area contributed by atoms with E-state index in [0.717, 1.165) is 11.8 Å². The molecule has 0 aliphatic carbocycles. The topological polar surface area (TPSA) is 48.7 Å². The van der Waals surface area contributed by atoms with Crippen molar-refractivity contribution in [3.8, 4) is 11.5 Å². The zero-order valence-corrected chi connectivity index (χ0v) is 12.4. The molecule has 0 saturated carbocycles. The third-order valence-electron chi connectivity index (χ3n) is 2.68. The Hall–Kier alpha value is -1.49. The van der Waals surface area contributed by atoms with E-state index in [2.05, 4.69) is 22.9 Å². The fourth-order valence-electron chi connectivity index (χ4n) is 1.68. The molecule has 0 fully saturated rings. The second-order valence-electron chi connectivity index (χ2n) is 4.21. The van der Waals surface area contributed by atoms with Gasteiger partial charge in [-0.15, -0.1) is 0 Å². The Morgan fingerprint density at radius 2 is 2.11 bits per heavy atom. The van der Waals surface area contributed by atoms with Crippen molar-refractivity contribution in [3.05, 3.63) is 34.7 Å². The number of methoxy groups -OCH3 is 1. The second kappa shape index (κ2) is 6.10. The van der Waals surface area contributed by atoms with Crippen molar-refractivity contribution in [3.63, 3.8) is 0 Å².